The second kappa shape index (κ2) is 11.5. The van der Waals surface area contributed by atoms with Crippen molar-refractivity contribution in [2.24, 2.45) is 10.7 Å². The van der Waals surface area contributed by atoms with Gasteiger partial charge in [-0.2, -0.15) is 0 Å². The maximum Gasteiger partial charge on any atom is 0.258 e. The molecule has 3 N–H and O–H groups in total. The third-order valence-corrected chi connectivity index (χ3v) is 5.73. The van der Waals surface area contributed by atoms with Crippen LogP contribution in [0.2, 0.25) is 0 Å². The molecule has 33 heavy (non-hydrogen) atoms. The van der Waals surface area contributed by atoms with Crippen LogP contribution in [0.4, 0.5) is 5.95 Å². The van der Waals surface area contributed by atoms with Crippen LogP contribution in [-0.2, 0) is 16.1 Å². The third kappa shape index (κ3) is 6.55. The molecule has 2 aromatic rings. The topological polar surface area (TPSA) is 118 Å². The number of para-hydroxylation sites is 1. The number of benzene rings is 1. The van der Waals surface area contributed by atoms with Gasteiger partial charge in [-0.15, -0.1) is 0 Å². The molecule has 176 valence electrons. The lowest BCUT2D eigenvalue weighted by Gasteiger charge is -2.35. The second-order valence-corrected chi connectivity index (χ2v) is 8.03. The summed E-state index contributed by atoms with van der Waals surface area (Å²) in [7, 11) is 0. The molecule has 2 fully saturated rings. The van der Waals surface area contributed by atoms with Crippen LogP contribution >= 0.6 is 0 Å². The summed E-state index contributed by atoms with van der Waals surface area (Å²) >= 11 is 0. The quantitative estimate of drug-likeness (QED) is 0.445. The number of carbonyl (C=O) groups excluding carboxylic acids is 1. The van der Waals surface area contributed by atoms with Gasteiger partial charge in [0.25, 0.3) is 5.91 Å². The van der Waals surface area contributed by atoms with E-state index in [2.05, 4.69) is 30.1 Å². The number of hydrogen-bond acceptors (Lipinski definition) is 7. The van der Waals surface area contributed by atoms with Crippen molar-refractivity contribution in [3.63, 3.8) is 0 Å². The van der Waals surface area contributed by atoms with Crippen molar-refractivity contribution in [3.05, 3.63) is 48.3 Å². The molecular weight excluding hydrogens is 422 g/mol. The molecular formula is C23H31N7O3. The van der Waals surface area contributed by atoms with E-state index in [9.17, 15) is 4.79 Å². The van der Waals surface area contributed by atoms with Gasteiger partial charge in [0.1, 0.15) is 5.75 Å². The van der Waals surface area contributed by atoms with Crippen LogP contribution in [0.1, 0.15) is 18.4 Å². The van der Waals surface area contributed by atoms with Crippen LogP contribution < -0.4 is 20.7 Å². The smallest absolute Gasteiger partial charge is 0.258 e. The van der Waals surface area contributed by atoms with Gasteiger partial charge in [-0.05, 0) is 25.0 Å². The Kier molecular flexibility index (Phi) is 7.91. The number of aliphatic imine (C=N–C) groups is 1. The van der Waals surface area contributed by atoms with Crippen LogP contribution in [0, 0.1) is 0 Å². The Morgan fingerprint density at radius 1 is 1.18 bits per heavy atom. The molecule has 1 unspecified atom stereocenters. The maximum atomic E-state index is 12.1. The lowest BCUT2D eigenvalue weighted by molar-refractivity contribution is -0.123. The van der Waals surface area contributed by atoms with Crippen molar-refractivity contribution >= 4 is 17.8 Å². The first-order valence-electron chi connectivity index (χ1n) is 11.3. The predicted octanol–water partition coefficient (Wildman–Crippen LogP) is 0.788. The molecule has 0 aliphatic carbocycles. The summed E-state index contributed by atoms with van der Waals surface area (Å²) in [6, 6.07) is 9.38. The minimum Gasteiger partial charge on any atom is -0.483 e. The molecule has 1 atom stereocenters. The molecule has 0 spiro atoms. The number of carbonyl (C=O) groups is 1. The number of amides is 1. The van der Waals surface area contributed by atoms with Gasteiger partial charge in [-0.3, -0.25) is 4.79 Å². The summed E-state index contributed by atoms with van der Waals surface area (Å²) < 4.78 is 11.3. The van der Waals surface area contributed by atoms with Crippen LogP contribution in [0.15, 0.2) is 47.7 Å². The van der Waals surface area contributed by atoms with Gasteiger partial charge in [-0.1, -0.05) is 18.2 Å². The van der Waals surface area contributed by atoms with E-state index < -0.39 is 0 Å². The standard InChI is InChI=1S/C23H31N7O3/c24-22(29-10-12-30(13-11-29)23-25-8-4-9-26-23)28-15-18-5-1-2-7-20(18)33-17-21(31)27-16-19-6-3-14-32-19/h1-2,4-5,7-9,19H,3,6,10-17H2,(H2,24,28)(H,27,31). The zero-order valence-corrected chi connectivity index (χ0v) is 18.7. The summed E-state index contributed by atoms with van der Waals surface area (Å²) in [5, 5.41) is 2.87. The monoisotopic (exact) mass is 453 g/mol. The second-order valence-electron chi connectivity index (χ2n) is 8.03. The molecule has 1 amide bonds. The minimum absolute atomic E-state index is 0.0492. The first-order valence-corrected chi connectivity index (χ1v) is 11.3. The van der Waals surface area contributed by atoms with Gasteiger partial charge in [0.15, 0.2) is 12.6 Å². The molecule has 10 heteroatoms. The van der Waals surface area contributed by atoms with Crippen molar-refractivity contribution in [2.75, 3.05) is 50.8 Å². The number of piperazine rings is 1. The number of nitrogens with two attached hydrogens (primary N) is 1. The van der Waals surface area contributed by atoms with Gasteiger partial charge in [-0.25, -0.2) is 15.0 Å². The van der Waals surface area contributed by atoms with Crippen LogP contribution in [-0.4, -0.2) is 78.8 Å². The van der Waals surface area contributed by atoms with E-state index in [0.29, 0.717) is 24.8 Å². The van der Waals surface area contributed by atoms with Crippen molar-refractivity contribution in [3.8, 4) is 5.75 Å². The van der Waals surface area contributed by atoms with Gasteiger partial charge in [0.05, 0.1) is 12.6 Å². The summed E-state index contributed by atoms with van der Waals surface area (Å²) in [6.45, 7) is 4.67. The highest BCUT2D eigenvalue weighted by Gasteiger charge is 2.20. The largest absolute Gasteiger partial charge is 0.483 e. The van der Waals surface area contributed by atoms with E-state index in [4.69, 9.17) is 15.2 Å². The summed E-state index contributed by atoms with van der Waals surface area (Å²) in [5.74, 6) is 1.70. The minimum atomic E-state index is -0.163. The first-order chi connectivity index (χ1) is 16.2. The van der Waals surface area contributed by atoms with E-state index >= 15 is 0 Å². The number of aromatic nitrogens is 2. The Balaban J connectivity index is 1.25. The summed E-state index contributed by atoms with van der Waals surface area (Å²) in [4.78, 5) is 29.5. The fourth-order valence-corrected chi connectivity index (χ4v) is 3.86. The third-order valence-electron chi connectivity index (χ3n) is 5.73. The van der Waals surface area contributed by atoms with Crippen molar-refractivity contribution in [1.29, 1.82) is 0 Å². The lowest BCUT2D eigenvalue weighted by atomic mass is 10.2. The van der Waals surface area contributed by atoms with Crippen LogP contribution in [0.5, 0.6) is 5.75 Å². The summed E-state index contributed by atoms with van der Waals surface area (Å²) in [5.41, 5.74) is 7.14. The predicted molar refractivity (Wildman–Crippen MR) is 125 cm³/mol. The Labute approximate surface area is 193 Å². The Morgan fingerprint density at radius 2 is 1.97 bits per heavy atom. The highest BCUT2D eigenvalue weighted by molar-refractivity contribution is 5.78. The van der Waals surface area contributed by atoms with E-state index in [1.165, 1.54) is 0 Å². The zero-order valence-electron chi connectivity index (χ0n) is 18.7. The van der Waals surface area contributed by atoms with E-state index in [1.54, 1.807) is 12.4 Å². The molecule has 10 nitrogen and oxygen atoms in total. The average molecular weight is 454 g/mol. The Bertz CT molecular complexity index is 927. The molecule has 2 aliphatic heterocycles. The molecule has 1 aromatic heterocycles. The molecule has 2 aliphatic rings. The highest BCUT2D eigenvalue weighted by atomic mass is 16.5. The van der Waals surface area contributed by atoms with Gasteiger partial charge in [0.2, 0.25) is 5.95 Å². The molecule has 0 saturated carbocycles. The maximum absolute atomic E-state index is 12.1. The number of ether oxygens (including phenoxy) is 2. The van der Waals surface area contributed by atoms with E-state index in [0.717, 1.165) is 57.1 Å². The average Bonchev–Trinajstić information content (AvgIpc) is 3.40. The van der Waals surface area contributed by atoms with Crippen molar-refractivity contribution < 1.29 is 14.3 Å². The summed E-state index contributed by atoms with van der Waals surface area (Å²) in [6.07, 6.45) is 5.64. The molecule has 4 rings (SSSR count). The highest BCUT2D eigenvalue weighted by Crippen LogP contribution is 2.19. The fraction of sp³-hybridized carbons (Fsp3) is 0.478. The first kappa shape index (κ1) is 22.8. The number of rotatable bonds is 8. The Hall–Kier alpha value is -3.40. The van der Waals surface area contributed by atoms with Crippen LogP contribution in [0.25, 0.3) is 0 Å². The van der Waals surface area contributed by atoms with Gasteiger partial charge in [0, 0.05) is 57.3 Å². The lowest BCUT2D eigenvalue weighted by Crippen LogP contribution is -2.51. The Morgan fingerprint density at radius 3 is 2.73 bits per heavy atom. The molecule has 0 bridgehead atoms. The number of hydrogen-bond donors (Lipinski definition) is 2. The number of nitrogens with zero attached hydrogens (tertiary/aromatic N) is 5. The SMILES string of the molecule is NC(=NCc1ccccc1OCC(=O)NCC1CCCO1)N1CCN(c2ncccn2)CC1. The van der Waals surface area contributed by atoms with E-state index in [1.807, 2.05) is 30.3 Å². The fourth-order valence-electron chi connectivity index (χ4n) is 3.86. The zero-order chi connectivity index (χ0) is 22.9. The number of anilines is 1. The van der Waals surface area contributed by atoms with Crippen LogP contribution in [0.3, 0.4) is 0 Å². The molecule has 3 heterocycles. The normalized spacial score (nSPS) is 18.9. The van der Waals surface area contributed by atoms with Gasteiger partial charge >= 0.3 is 0 Å². The molecule has 2 saturated heterocycles. The van der Waals surface area contributed by atoms with Crippen molar-refractivity contribution in [1.82, 2.24) is 20.2 Å². The molecule has 1 aromatic carbocycles. The number of nitrogens with one attached hydrogen (secondary N) is 1. The van der Waals surface area contributed by atoms with E-state index in [-0.39, 0.29) is 18.6 Å². The molecule has 0 radical (unpaired) electrons. The number of guanidine groups is 1. The van der Waals surface area contributed by atoms with Crippen molar-refractivity contribution in [2.45, 2.75) is 25.5 Å². The van der Waals surface area contributed by atoms with Gasteiger partial charge < -0.3 is 30.3 Å².